The van der Waals surface area contributed by atoms with E-state index < -0.39 is 0 Å². The predicted octanol–water partition coefficient (Wildman–Crippen LogP) is 6.41. The summed E-state index contributed by atoms with van der Waals surface area (Å²) in [4.78, 5) is 0. The lowest BCUT2D eigenvalue weighted by atomic mass is 10.0. The van der Waals surface area contributed by atoms with Gasteiger partial charge < -0.3 is 9.47 Å². The second kappa shape index (κ2) is 15.4. The fourth-order valence-electron chi connectivity index (χ4n) is 2.44. The van der Waals surface area contributed by atoms with E-state index in [-0.39, 0.29) is 0 Å². The van der Waals surface area contributed by atoms with Crippen LogP contribution in [0, 0.1) is 0 Å². The van der Waals surface area contributed by atoms with Crippen molar-refractivity contribution in [1.82, 2.24) is 0 Å². The van der Waals surface area contributed by atoms with Crippen LogP contribution in [0.4, 0.5) is 0 Å². The zero-order valence-electron chi connectivity index (χ0n) is 16.8. The SMILES string of the molecule is COC/C=C(\C)CC/C=C(/CC/C=C(\C)CCC=C(C)C)COC. The van der Waals surface area contributed by atoms with Gasteiger partial charge in [0.1, 0.15) is 0 Å². The van der Waals surface area contributed by atoms with Crippen LogP contribution >= 0.6 is 0 Å². The van der Waals surface area contributed by atoms with Crippen molar-refractivity contribution in [3.8, 4) is 0 Å². The molecule has 0 rings (SSSR count). The third-order valence-electron chi connectivity index (χ3n) is 3.95. The summed E-state index contributed by atoms with van der Waals surface area (Å²) in [5, 5.41) is 0. The van der Waals surface area contributed by atoms with Gasteiger partial charge in [0.15, 0.2) is 0 Å². The van der Waals surface area contributed by atoms with Gasteiger partial charge in [0.25, 0.3) is 0 Å². The smallest absolute Gasteiger partial charge is 0.0673 e. The summed E-state index contributed by atoms with van der Waals surface area (Å²) in [5.74, 6) is 0. The molecule has 0 aromatic rings. The van der Waals surface area contributed by atoms with Gasteiger partial charge in [0.05, 0.1) is 13.2 Å². The standard InChI is InChI=1S/C22H38O2/c1-19(2)10-7-11-20(3)12-8-14-22(18-24-6)15-9-13-21(4)16-17-23-5/h10,12,15-16H,7-9,11,13-14,17-18H2,1-6H3/b20-12+,21-16+,22-15-. The van der Waals surface area contributed by atoms with E-state index >= 15 is 0 Å². The Labute approximate surface area is 150 Å². The second-order valence-electron chi connectivity index (χ2n) is 6.75. The van der Waals surface area contributed by atoms with Crippen LogP contribution in [0.25, 0.3) is 0 Å². The molecule has 24 heavy (non-hydrogen) atoms. The van der Waals surface area contributed by atoms with E-state index in [1.807, 2.05) is 0 Å². The van der Waals surface area contributed by atoms with Crippen molar-refractivity contribution >= 4 is 0 Å². The third-order valence-corrected chi connectivity index (χ3v) is 3.95. The Hall–Kier alpha value is -1.12. The molecule has 0 fully saturated rings. The first kappa shape index (κ1) is 22.9. The highest BCUT2D eigenvalue weighted by Crippen LogP contribution is 2.14. The lowest BCUT2D eigenvalue weighted by molar-refractivity contribution is 0.222. The summed E-state index contributed by atoms with van der Waals surface area (Å²) in [5.41, 5.74) is 5.69. The quantitative estimate of drug-likeness (QED) is 0.363. The average molecular weight is 335 g/mol. The van der Waals surface area contributed by atoms with Crippen LogP contribution in [-0.2, 0) is 9.47 Å². The maximum absolute atomic E-state index is 5.34. The number of rotatable bonds is 13. The summed E-state index contributed by atoms with van der Waals surface area (Å²) < 4.78 is 10.4. The summed E-state index contributed by atoms with van der Waals surface area (Å²) >= 11 is 0. The summed E-state index contributed by atoms with van der Waals surface area (Å²) in [7, 11) is 3.51. The van der Waals surface area contributed by atoms with E-state index in [0.29, 0.717) is 6.61 Å². The van der Waals surface area contributed by atoms with Crippen molar-refractivity contribution < 1.29 is 9.47 Å². The van der Waals surface area contributed by atoms with Crippen molar-refractivity contribution in [2.24, 2.45) is 0 Å². The fourth-order valence-corrected chi connectivity index (χ4v) is 2.44. The first-order valence-corrected chi connectivity index (χ1v) is 9.10. The molecule has 0 saturated heterocycles. The van der Waals surface area contributed by atoms with Crippen LogP contribution in [0.3, 0.4) is 0 Å². The summed E-state index contributed by atoms with van der Waals surface area (Å²) in [6.07, 6.45) is 15.9. The fraction of sp³-hybridized carbons (Fsp3) is 0.636. The highest BCUT2D eigenvalue weighted by atomic mass is 16.5. The monoisotopic (exact) mass is 334 g/mol. The topological polar surface area (TPSA) is 18.5 Å². The van der Waals surface area contributed by atoms with Crippen molar-refractivity contribution in [3.63, 3.8) is 0 Å². The Morgan fingerprint density at radius 1 is 0.667 bits per heavy atom. The van der Waals surface area contributed by atoms with Crippen molar-refractivity contribution in [2.75, 3.05) is 27.4 Å². The van der Waals surface area contributed by atoms with Gasteiger partial charge >= 0.3 is 0 Å². The van der Waals surface area contributed by atoms with Gasteiger partial charge in [0.2, 0.25) is 0 Å². The minimum atomic E-state index is 0.706. The molecule has 0 unspecified atom stereocenters. The Bertz CT molecular complexity index is 435. The summed E-state index contributed by atoms with van der Waals surface area (Å²) in [6, 6.07) is 0. The highest BCUT2D eigenvalue weighted by Gasteiger charge is 1.98. The first-order chi connectivity index (χ1) is 11.5. The lowest BCUT2D eigenvalue weighted by Crippen LogP contribution is -1.95. The number of hydrogen-bond acceptors (Lipinski definition) is 2. The van der Waals surface area contributed by atoms with Crippen LogP contribution < -0.4 is 0 Å². The molecule has 0 aromatic carbocycles. The zero-order valence-corrected chi connectivity index (χ0v) is 16.8. The molecule has 2 nitrogen and oxygen atoms in total. The van der Waals surface area contributed by atoms with E-state index in [9.17, 15) is 0 Å². The Morgan fingerprint density at radius 2 is 1.25 bits per heavy atom. The summed E-state index contributed by atoms with van der Waals surface area (Å²) in [6.45, 7) is 10.2. The molecule has 0 aromatic heterocycles. The number of ether oxygens (including phenoxy) is 2. The molecule has 2 heteroatoms. The molecule has 0 spiro atoms. The van der Waals surface area contributed by atoms with Gasteiger partial charge in [-0.2, -0.15) is 0 Å². The van der Waals surface area contributed by atoms with E-state index in [4.69, 9.17) is 9.47 Å². The maximum atomic E-state index is 5.34. The van der Waals surface area contributed by atoms with Crippen LogP contribution in [0.1, 0.15) is 66.2 Å². The molecule has 0 N–H and O–H groups in total. The maximum Gasteiger partial charge on any atom is 0.0673 e. The van der Waals surface area contributed by atoms with Gasteiger partial charge in [-0.3, -0.25) is 0 Å². The Kier molecular flexibility index (Phi) is 14.7. The largest absolute Gasteiger partial charge is 0.381 e. The first-order valence-electron chi connectivity index (χ1n) is 9.10. The highest BCUT2D eigenvalue weighted by molar-refractivity contribution is 5.09. The molecule has 0 aliphatic rings. The van der Waals surface area contributed by atoms with Crippen LogP contribution in [-0.4, -0.2) is 27.4 Å². The second-order valence-corrected chi connectivity index (χ2v) is 6.75. The van der Waals surface area contributed by atoms with Crippen molar-refractivity contribution in [1.29, 1.82) is 0 Å². The van der Waals surface area contributed by atoms with E-state index in [1.54, 1.807) is 14.2 Å². The molecule has 0 radical (unpaired) electrons. The Balaban J connectivity index is 4.27. The average Bonchev–Trinajstić information content (AvgIpc) is 2.52. The molecule has 0 aliphatic heterocycles. The van der Waals surface area contributed by atoms with E-state index in [0.717, 1.165) is 45.1 Å². The van der Waals surface area contributed by atoms with Crippen LogP contribution in [0.15, 0.2) is 46.6 Å². The number of methoxy groups -OCH3 is 2. The van der Waals surface area contributed by atoms with Gasteiger partial charge in [0, 0.05) is 14.2 Å². The predicted molar refractivity (Wildman–Crippen MR) is 106 cm³/mol. The van der Waals surface area contributed by atoms with Gasteiger partial charge in [-0.05, 0) is 71.8 Å². The molecule has 0 aliphatic carbocycles. The van der Waals surface area contributed by atoms with Gasteiger partial charge in [-0.15, -0.1) is 0 Å². The van der Waals surface area contributed by atoms with Gasteiger partial charge in [-0.1, -0.05) is 41.0 Å². The van der Waals surface area contributed by atoms with Crippen molar-refractivity contribution in [3.05, 3.63) is 46.6 Å². The normalized spacial score (nSPS) is 13.3. The molecule has 0 saturated carbocycles. The molecular formula is C22H38O2. The molecule has 0 atom stereocenters. The minimum absolute atomic E-state index is 0.706. The van der Waals surface area contributed by atoms with Crippen LogP contribution in [0.5, 0.6) is 0 Å². The van der Waals surface area contributed by atoms with Gasteiger partial charge in [-0.25, -0.2) is 0 Å². The van der Waals surface area contributed by atoms with Crippen molar-refractivity contribution in [2.45, 2.75) is 66.2 Å². The van der Waals surface area contributed by atoms with Crippen LogP contribution in [0.2, 0.25) is 0 Å². The lowest BCUT2D eigenvalue weighted by Gasteiger charge is -2.06. The third kappa shape index (κ3) is 14.5. The molecule has 0 bridgehead atoms. The zero-order chi connectivity index (χ0) is 18.2. The molecular weight excluding hydrogens is 296 g/mol. The van der Waals surface area contributed by atoms with E-state index in [2.05, 4.69) is 52.0 Å². The molecule has 0 heterocycles. The molecule has 138 valence electrons. The minimum Gasteiger partial charge on any atom is -0.381 e. The van der Waals surface area contributed by atoms with E-state index in [1.165, 1.54) is 22.3 Å². The number of hydrogen-bond donors (Lipinski definition) is 0. The number of allylic oxidation sites excluding steroid dienone is 6. The molecule has 0 amide bonds. The Morgan fingerprint density at radius 3 is 1.83 bits per heavy atom.